The van der Waals surface area contributed by atoms with E-state index in [2.05, 4.69) is 195 Å². The monoisotopic (exact) mass is 760 g/mol. The molecule has 0 nitrogen and oxygen atoms in total. The third-order valence-electron chi connectivity index (χ3n) is 11.9. The Labute approximate surface area is 334 Å². The Kier molecular flexibility index (Phi) is 8.30. The first kappa shape index (κ1) is 34.1. The van der Waals surface area contributed by atoms with E-state index in [1.165, 1.54) is 98.7 Å². The standard InChI is InChI=1S/C52H38Cl2Si/c1-55(2,51-45(35-19-5-3-6-20-35)49(53)43-31-15-29-41(47(43)51)39-27-13-23-33-17-9-11-25-37(33)39)52-46(36-21-7-4-8-22-36)50(54)44-32-16-30-42(48(44)52)40-28-14-24-34-18-10-12-26-38(34)40/h3-32,49-50H,1-2H3. The summed E-state index contributed by atoms with van der Waals surface area (Å²) < 4.78 is 0. The highest BCUT2D eigenvalue weighted by Crippen LogP contribution is 2.62. The van der Waals surface area contributed by atoms with Gasteiger partial charge in [-0.2, -0.15) is 0 Å². The average molecular weight is 762 g/mol. The van der Waals surface area contributed by atoms with Gasteiger partial charge >= 0.3 is 0 Å². The maximum absolute atomic E-state index is 7.83. The van der Waals surface area contributed by atoms with Crippen molar-refractivity contribution in [2.24, 2.45) is 0 Å². The smallest absolute Gasteiger partial charge is 0.113 e. The molecule has 0 heterocycles. The minimum Gasteiger partial charge on any atom is -0.113 e. The summed E-state index contributed by atoms with van der Waals surface area (Å²) in [7, 11) is -2.79. The lowest BCUT2D eigenvalue weighted by molar-refractivity contribution is 1.26. The zero-order valence-electron chi connectivity index (χ0n) is 30.7. The molecule has 0 saturated carbocycles. The first-order chi connectivity index (χ1) is 26.9. The van der Waals surface area contributed by atoms with Crippen molar-refractivity contribution >= 4 is 74.4 Å². The summed E-state index contributed by atoms with van der Waals surface area (Å²) in [6.45, 7) is 5.08. The van der Waals surface area contributed by atoms with Gasteiger partial charge in [0.15, 0.2) is 0 Å². The Bertz CT molecular complexity index is 2660. The minimum absolute atomic E-state index is 0.309. The molecule has 264 valence electrons. The number of allylic oxidation sites excluding steroid dienone is 2. The van der Waals surface area contributed by atoms with Gasteiger partial charge in [-0.05, 0) is 98.7 Å². The highest BCUT2D eigenvalue weighted by molar-refractivity contribution is 7.11. The topological polar surface area (TPSA) is 0 Å². The van der Waals surface area contributed by atoms with E-state index in [-0.39, 0.29) is 10.8 Å². The molecule has 2 aliphatic rings. The Hall–Kier alpha value is -5.44. The van der Waals surface area contributed by atoms with Gasteiger partial charge in [0.05, 0.1) is 10.8 Å². The van der Waals surface area contributed by atoms with Crippen LogP contribution < -0.4 is 0 Å². The fourth-order valence-corrected chi connectivity index (χ4v) is 14.6. The van der Waals surface area contributed by atoms with Crippen LogP contribution in [0, 0.1) is 0 Å². The molecule has 0 N–H and O–H groups in total. The van der Waals surface area contributed by atoms with Crippen molar-refractivity contribution in [3.05, 3.63) is 215 Å². The molecule has 0 saturated heterocycles. The summed E-state index contributed by atoms with van der Waals surface area (Å²) in [5.41, 5.74) is 14.6. The summed E-state index contributed by atoms with van der Waals surface area (Å²) in [6, 6.07) is 66.0. The molecule has 0 fully saturated rings. The van der Waals surface area contributed by atoms with Crippen molar-refractivity contribution in [3.63, 3.8) is 0 Å². The van der Waals surface area contributed by atoms with Gasteiger partial charge in [0.25, 0.3) is 0 Å². The lowest BCUT2D eigenvalue weighted by atomic mass is 9.93. The number of benzene rings is 8. The fourth-order valence-electron chi connectivity index (χ4n) is 9.56. The molecular weight excluding hydrogens is 724 g/mol. The fraction of sp³-hybridized carbons (Fsp3) is 0.0769. The highest BCUT2D eigenvalue weighted by atomic mass is 35.5. The molecule has 8 aromatic carbocycles. The molecule has 0 spiro atoms. The third kappa shape index (κ3) is 5.33. The molecule has 55 heavy (non-hydrogen) atoms. The first-order valence-corrected chi connectivity index (χ1v) is 22.9. The van der Waals surface area contributed by atoms with Gasteiger partial charge in [0.2, 0.25) is 0 Å². The van der Waals surface area contributed by atoms with Crippen LogP contribution in [-0.2, 0) is 0 Å². The second-order valence-electron chi connectivity index (χ2n) is 15.3. The molecule has 0 aromatic heterocycles. The van der Waals surface area contributed by atoms with Crippen molar-refractivity contribution in [1.82, 2.24) is 0 Å². The van der Waals surface area contributed by atoms with Crippen LogP contribution in [0.1, 0.15) is 44.1 Å². The van der Waals surface area contributed by atoms with Crippen LogP contribution in [0.4, 0.5) is 0 Å². The Balaban J connectivity index is 1.33. The predicted octanol–water partition coefficient (Wildman–Crippen LogP) is 15.2. The molecule has 0 aliphatic heterocycles. The second kappa shape index (κ2) is 13.4. The molecule has 0 amide bonds. The average Bonchev–Trinajstić information content (AvgIpc) is 3.73. The third-order valence-corrected chi connectivity index (χ3v) is 16.3. The molecule has 10 rings (SSSR count). The predicted molar refractivity (Wildman–Crippen MR) is 240 cm³/mol. The normalized spacial score (nSPS) is 16.6. The van der Waals surface area contributed by atoms with Crippen molar-refractivity contribution in [3.8, 4) is 22.3 Å². The summed E-state index contributed by atoms with van der Waals surface area (Å²) in [6.07, 6.45) is 0. The van der Waals surface area contributed by atoms with E-state index in [1.807, 2.05) is 0 Å². The number of halogens is 2. The van der Waals surface area contributed by atoms with E-state index in [1.54, 1.807) is 0 Å². The van der Waals surface area contributed by atoms with Gasteiger partial charge in [-0.1, -0.05) is 195 Å². The van der Waals surface area contributed by atoms with Crippen molar-refractivity contribution < 1.29 is 0 Å². The maximum atomic E-state index is 7.83. The highest BCUT2D eigenvalue weighted by Gasteiger charge is 2.48. The van der Waals surface area contributed by atoms with E-state index in [0.717, 1.165) is 0 Å². The molecule has 0 radical (unpaired) electrons. The van der Waals surface area contributed by atoms with Crippen molar-refractivity contribution in [2.75, 3.05) is 0 Å². The Morgan fingerprint density at radius 1 is 0.364 bits per heavy atom. The van der Waals surface area contributed by atoms with Crippen molar-refractivity contribution in [2.45, 2.75) is 23.8 Å². The number of hydrogen-bond acceptors (Lipinski definition) is 0. The van der Waals surface area contributed by atoms with Gasteiger partial charge in [0.1, 0.15) is 8.07 Å². The second-order valence-corrected chi connectivity index (χ2v) is 20.4. The molecule has 0 bridgehead atoms. The van der Waals surface area contributed by atoms with E-state index in [4.69, 9.17) is 23.2 Å². The number of rotatable bonds is 6. The van der Waals surface area contributed by atoms with Gasteiger partial charge in [0, 0.05) is 0 Å². The Morgan fingerprint density at radius 2 is 0.709 bits per heavy atom. The lowest BCUT2D eigenvalue weighted by Gasteiger charge is -2.33. The van der Waals surface area contributed by atoms with Crippen LogP contribution in [0.5, 0.6) is 0 Å². The van der Waals surface area contributed by atoms with Gasteiger partial charge in [-0.3, -0.25) is 0 Å². The van der Waals surface area contributed by atoms with E-state index in [0.29, 0.717) is 0 Å². The number of fused-ring (bicyclic) bond motifs is 4. The largest absolute Gasteiger partial charge is 0.114 e. The van der Waals surface area contributed by atoms with Gasteiger partial charge in [-0.25, -0.2) is 0 Å². The van der Waals surface area contributed by atoms with Gasteiger partial charge < -0.3 is 0 Å². The molecule has 8 aromatic rings. The Morgan fingerprint density at radius 3 is 1.15 bits per heavy atom. The zero-order chi connectivity index (χ0) is 37.3. The van der Waals surface area contributed by atoms with Crippen molar-refractivity contribution in [1.29, 1.82) is 0 Å². The quantitative estimate of drug-likeness (QED) is 0.117. The van der Waals surface area contributed by atoms with Crippen LogP contribution in [0.15, 0.2) is 182 Å². The number of alkyl halides is 2. The van der Waals surface area contributed by atoms with Crippen LogP contribution in [0.25, 0.3) is 65.3 Å². The number of hydrogen-bond donors (Lipinski definition) is 0. The van der Waals surface area contributed by atoms with Gasteiger partial charge in [-0.15, -0.1) is 23.2 Å². The SMILES string of the molecule is C[Si](C)(C1=C(c2ccccc2)C(Cl)c2cccc(-c3cccc4ccccc34)c21)C1=C(c2ccccc2)C(Cl)c2cccc(-c3cccc4ccccc34)c21. The van der Waals surface area contributed by atoms with Crippen LogP contribution in [-0.4, -0.2) is 8.07 Å². The van der Waals surface area contributed by atoms with E-state index < -0.39 is 8.07 Å². The molecule has 2 aliphatic carbocycles. The van der Waals surface area contributed by atoms with E-state index in [9.17, 15) is 0 Å². The molecule has 2 unspecified atom stereocenters. The molecule has 2 atom stereocenters. The van der Waals surface area contributed by atoms with Crippen LogP contribution >= 0.6 is 23.2 Å². The van der Waals surface area contributed by atoms with Crippen LogP contribution in [0.3, 0.4) is 0 Å². The zero-order valence-corrected chi connectivity index (χ0v) is 33.2. The molecular formula is C52H38Cl2Si. The maximum Gasteiger partial charge on any atom is 0.114 e. The summed E-state index contributed by atoms with van der Waals surface area (Å²) in [5.74, 6) is 0. The van der Waals surface area contributed by atoms with Crippen LogP contribution in [0.2, 0.25) is 13.1 Å². The summed E-state index contributed by atoms with van der Waals surface area (Å²) >= 11 is 15.7. The van der Waals surface area contributed by atoms with E-state index >= 15 is 0 Å². The molecule has 3 heteroatoms. The lowest BCUT2D eigenvalue weighted by Crippen LogP contribution is -2.31. The minimum atomic E-state index is -2.79. The summed E-state index contributed by atoms with van der Waals surface area (Å²) in [4.78, 5) is 0. The first-order valence-electron chi connectivity index (χ1n) is 19.0. The summed E-state index contributed by atoms with van der Waals surface area (Å²) in [5, 5.41) is 7.08.